The zero-order chi connectivity index (χ0) is 13.4. The molecule has 1 atom stereocenters. The second kappa shape index (κ2) is 4.57. The standard InChI is InChI=1S/C14H16N2O3/c17-13(18)12-9-10-5-1-2-6-11(10)16(12)14(19)15-7-3-4-8-15/h1-2,5-6,12H,3-4,7-9H2,(H,17,18)/t12-/m0/s1. The van der Waals surface area contributed by atoms with Gasteiger partial charge in [0.25, 0.3) is 0 Å². The molecule has 1 aromatic rings. The number of rotatable bonds is 1. The van der Waals surface area contributed by atoms with Crippen LogP contribution in [-0.2, 0) is 11.2 Å². The van der Waals surface area contributed by atoms with Crippen molar-refractivity contribution >= 4 is 17.7 Å². The fraction of sp³-hybridized carbons (Fsp3) is 0.429. The normalized spacial score (nSPS) is 21.6. The van der Waals surface area contributed by atoms with Gasteiger partial charge in [-0.3, -0.25) is 4.90 Å². The predicted molar refractivity (Wildman–Crippen MR) is 70.3 cm³/mol. The number of hydrogen-bond donors (Lipinski definition) is 1. The van der Waals surface area contributed by atoms with Crippen LogP contribution in [0.1, 0.15) is 18.4 Å². The summed E-state index contributed by atoms with van der Waals surface area (Å²) < 4.78 is 0. The number of para-hydroxylation sites is 1. The number of hydrogen-bond acceptors (Lipinski definition) is 2. The third-order valence-corrected chi connectivity index (χ3v) is 3.84. The highest BCUT2D eigenvalue weighted by atomic mass is 16.4. The molecule has 1 saturated heterocycles. The highest BCUT2D eigenvalue weighted by Gasteiger charge is 2.40. The first-order chi connectivity index (χ1) is 9.18. The van der Waals surface area contributed by atoms with E-state index in [2.05, 4.69) is 0 Å². The van der Waals surface area contributed by atoms with Gasteiger partial charge in [-0.15, -0.1) is 0 Å². The van der Waals surface area contributed by atoms with E-state index in [0.717, 1.165) is 37.2 Å². The van der Waals surface area contributed by atoms with Crippen LogP contribution in [0.4, 0.5) is 10.5 Å². The minimum atomic E-state index is -0.941. The number of anilines is 1. The van der Waals surface area contributed by atoms with Crippen LogP contribution in [0.5, 0.6) is 0 Å². The Bertz CT molecular complexity index is 523. The monoisotopic (exact) mass is 260 g/mol. The maximum absolute atomic E-state index is 12.5. The molecule has 1 N–H and O–H groups in total. The number of carbonyl (C=O) groups excluding carboxylic acids is 1. The molecule has 0 saturated carbocycles. The number of carboxylic acid groups (broad SMARTS) is 1. The Labute approximate surface area is 111 Å². The van der Waals surface area contributed by atoms with E-state index in [1.54, 1.807) is 4.90 Å². The van der Waals surface area contributed by atoms with Gasteiger partial charge in [-0.1, -0.05) is 18.2 Å². The molecule has 3 rings (SSSR count). The van der Waals surface area contributed by atoms with Crippen LogP contribution < -0.4 is 4.90 Å². The lowest BCUT2D eigenvalue weighted by atomic mass is 10.1. The Balaban J connectivity index is 1.95. The summed E-state index contributed by atoms with van der Waals surface area (Å²) in [6.07, 6.45) is 2.39. The second-order valence-electron chi connectivity index (χ2n) is 5.03. The molecular weight excluding hydrogens is 244 g/mol. The summed E-state index contributed by atoms with van der Waals surface area (Å²) in [6, 6.07) is 6.49. The highest BCUT2D eigenvalue weighted by molar-refractivity contribution is 6.01. The molecule has 19 heavy (non-hydrogen) atoms. The first-order valence-electron chi connectivity index (χ1n) is 6.57. The van der Waals surface area contributed by atoms with Gasteiger partial charge in [-0.25, -0.2) is 9.59 Å². The molecule has 0 aliphatic carbocycles. The van der Waals surface area contributed by atoms with Crippen molar-refractivity contribution in [3.05, 3.63) is 29.8 Å². The van der Waals surface area contributed by atoms with Crippen LogP contribution in [0.2, 0.25) is 0 Å². The fourth-order valence-electron chi connectivity index (χ4n) is 2.88. The zero-order valence-electron chi connectivity index (χ0n) is 10.6. The fourth-order valence-corrected chi connectivity index (χ4v) is 2.88. The Hall–Kier alpha value is -2.04. The topological polar surface area (TPSA) is 60.9 Å². The molecular formula is C14H16N2O3. The number of nitrogens with zero attached hydrogens (tertiary/aromatic N) is 2. The Morgan fingerprint density at radius 3 is 2.53 bits per heavy atom. The van der Waals surface area contributed by atoms with Crippen molar-refractivity contribution in [2.45, 2.75) is 25.3 Å². The van der Waals surface area contributed by atoms with Crippen molar-refractivity contribution in [3.8, 4) is 0 Å². The third kappa shape index (κ3) is 1.95. The van der Waals surface area contributed by atoms with Gasteiger partial charge in [0.15, 0.2) is 0 Å². The van der Waals surface area contributed by atoms with Crippen LogP contribution in [0.15, 0.2) is 24.3 Å². The molecule has 1 aromatic carbocycles. The Morgan fingerprint density at radius 2 is 1.84 bits per heavy atom. The average Bonchev–Trinajstić information content (AvgIpc) is 3.05. The van der Waals surface area contributed by atoms with E-state index >= 15 is 0 Å². The van der Waals surface area contributed by atoms with Gasteiger partial charge in [-0.05, 0) is 24.5 Å². The lowest BCUT2D eigenvalue weighted by Crippen LogP contribution is -2.48. The van der Waals surface area contributed by atoms with Crippen LogP contribution in [0.3, 0.4) is 0 Å². The van der Waals surface area contributed by atoms with E-state index in [1.807, 2.05) is 24.3 Å². The van der Waals surface area contributed by atoms with Crippen molar-refractivity contribution < 1.29 is 14.7 Å². The van der Waals surface area contributed by atoms with Crippen molar-refractivity contribution in [2.24, 2.45) is 0 Å². The molecule has 2 aliphatic rings. The van der Waals surface area contributed by atoms with Crippen molar-refractivity contribution in [3.63, 3.8) is 0 Å². The summed E-state index contributed by atoms with van der Waals surface area (Å²) >= 11 is 0. The molecule has 0 bridgehead atoms. The average molecular weight is 260 g/mol. The van der Waals surface area contributed by atoms with Gasteiger partial charge in [0.1, 0.15) is 6.04 Å². The molecule has 2 heterocycles. The number of aliphatic carboxylic acids is 1. The number of fused-ring (bicyclic) bond motifs is 1. The van der Waals surface area contributed by atoms with Crippen LogP contribution >= 0.6 is 0 Å². The summed E-state index contributed by atoms with van der Waals surface area (Å²) in [5.74, 6) is -0.941. The largest absolute Gasteiger partial charge is 0.480 e. The number of carbonyl (C=O) groups is 2. The van der Waals surface area contributed by atoms with E-state index in [9.17, 15) is 14.7 Å². The predicted octanol–water partition coefficient (Wildman–Crippen LogP) is 1.72. The molecule has 5 heteroatoms. The number of benzene rings is 1. The van der Waals surface area contributed by atoms with Gasteiger partial charge in [0.2, 0.25) is 0 Å². The summed E-state index contributed by atoms with van der Waals surface area (Å²) in [5.41, 5.74) is 1.68. The minimum absolute atomic E-state index is 0.171. The van der Waals surface area contributed by atoms with Crippen LogP contribution in [-0.4, -0.2) is 41.1 Å². The first kappa shape index (κ1) is 12.0. The Kier molecular flexibility index (Phi) is 2.89. The molecule has 5 nitrogen and oxygen atoms in total. The lowest BCUT2D eigenvalue weighted by Gasteiger charge is -2.27. The number of amides is 2. The molecule has 1 fully saturated rings. The molecule has 0 spiro atoms. The van der Waals surface area contributed by atoms with E-state index in [4.69, 9.17) is 0 Å². The van der Waals surface area contributed by atoms with E-state index in [-0.39, 0.29) is 6.03 Å². The smallest absolute Gasteiger partial charge is 0.327 e. The van der Waals surface area contributed by atoms with Crippen molar-refractivity contribution in [1.29, 1.82) is 0 Å². The number of urea groups is 1. The summed E-state index contributed by atoms with van der Waals surface area (Å²) in [6.45, 7) is 1.45. The first-order valence-corrected chi connectivity index (χ1v) is 6.57. The summed E-state index contributed by atoms with van der Waals surface area (Å²) in [4.78, 5) is 27.1. The highest BCUT2D eigenvalue weighted by Crippen LogP contribution is 2.33. The van der Waals surface area contributed by atoms with E-state index < -0.39 is 12.0 Å². The lowest BCUT2D eigenvalue weighted by molar-refractivity contribution is -0.138. The Morgan fingerprint density at radius 1 is 1.16 bits per heavy atom. The second-order valence-corrected chi connectivity index (χ2v) is 5.03. The SMILES string of the molecule is O=C(O)[C@@H]1Cc2ccccc2N1C(=O)N1CCCC1. The molecule has 0 unspecified atom stereocenters. The molecule has 0 aromatic heterocycles. The van der Waals surface area contributed by atoms with E-state index in [1.165, 1.54) is 4.90 Å². The minimum Gasteiger partial charge on any atom is -0.480 e. The van der Waals surface area contributed by atoms with Crippen LogP contribution in [0.25, 0.3) is 0 Å². The number of carboxylic acids is 1. The van der Waals surface area contributed by atoms with Gasteiger partial charge in [-0.2, -0.15) is 0 Å². The maximum atomic E-state index is 12.5. The third-order valence-electron chi connectivity index (χ3n) is 3.84. The van der Waals surface area contributed by atoms with Gasteiger partial charge < -0.3 is 10.0 Å². The van der Waals surface area contributed by atoms with Gasteiger partial charge >= 0.3 is 12.0 Å². The molecule has 0 radical (unpaired) electrons. The summed E-state index contributed by atoms with van der Waals surface area (Å²) in [7, 11) is 0. The van der Waals surface area contributed by atoms with E-state index in [0.29, 0.717) is 6.42 Å². The van der Waals surface area contributed by atoms with Crippen molar-refractivity contribution in [2.75, 3.05) is 18.0 Å². The molecule has 2 amide bonds. The maximum Gasteiger partial charge on any atom is 0.327 e. The molecule has 2 aliphatic heterocycles. The van der Waals surface area contributed by atoms with Crippen LogP contribution in [0, 0.1) is 0 Å². The summed E-state index contributed by atoms with van der Waals surface area (Å²) in [5, 5.41) is 9.34. The number of likely N-dealkylation sites (tertiary alicyclic amines) is 1. The zero-order valence-corrected chi connectivity index (χ0v) is 10.6. The quantitative estimate of drug-likeness (QED) is 0.836. The van der Waals surface area contributed by atoms with Gasteiger partial charge in [0.05, 0.1) is 0 Å². The molecule has 100 valence electrons. The van der Waals surface area contributed by atoms with Crippen molar-refractivity contribution in [1.82, 2.24) is 4.90 Å². The van der Waals surface area contributed by atoms with Gasteiger partial charge in [0, 0.05) is 25.2 Å².